The molecule has 5 heteroatoms. The first-order valence-electron chi connectivity index (χ1n) is 8.42. The molecule has 0 bridgehead atoms. The average Bonchev–Trinajstić information content (AvgIpc) is 2.98. The van der Waals surface area contributed by atoms with Crippen LogP contribution in [0.1, 0.15) is 18.1 Å². The maximum atomic E-state index is 5.98. The van der Waals surface area contributed by atoms with E-state index in [1.807, 2.05) is 18.3 Å². The molecule has 0 aliphatic carbocycles. The van der Waals surface area contributed by atoms with Crippen LogP contribution in [-0.2, 0) is 0 Å². The van der Waals surface area contributed by atoms with Gasteiger partial charge in [-0.2, -0.15) is 4.98 Å². The van der Waals surface area contributed by atoms with Gasteiger partial charge < -0.3 is 14.2 Å². The normalized spacial score (nSPS) is 18.4. The van der Waals surface area contributed by atoms with Gasteiger partial charge in [0.1, 0.15) is 11.3 Å². The number of piperazine rings is 1. The maximum Gasteiger partial charge on any atom is 0.298 e. The zero-order chi connectivity index (χ0) is 16.7. The van der Waals surface area contributed by atoms with E-state index in [1.54, 1.807) is 0 Å². The number of aryl methyl sites for hydroxylation is 2. The highest BCUT2D eigenvalue weighted by Gasteiger charge is 2.28. The Morgan fingerprint density at radius 2 is 2.04 bits per heavy atom. The molecule has 1 aliphatic rings. The number of aromatic nitrogens is 2. The Kier molecular flexibility index (Phi) is 3.63. The monoisotopic (exact) mass is 322 g/mol. The minimum atomic E-state index is 0.314. The number of benzene rings is 1. The molecule has 0 N–H and O–H groups in total. The second-order valence-corrected chi connectivity index (χ2v) is 6.60. The van der Waals surface area contributed by atoms with Crippen molar-refractivity contribution in [3.63, 3.8) is 0 Å². The summed E-state index contributed by atoms with van der Waals surface area (Å²) in [6.07, 6.45) is 1.86. The van der Waals surface area contributed by atoms with E-state index in [0.29, 0.717) is 6.04 Å². The van der Waals surface area contributed by atoms with Gasteiger partial charge in [-0.05, 0) is 50.1 Å². The molecule has 24 heavy (non-hydrogen) atoms. The van der Waals surface area contributed by atoms with Crippen molar-refractivity contribution in [1.29, 1.82) is 0 Å². The zero-order valence-corrected chi connectivity index (χ0v) is 14.4. The molecule has 1 fully saturated rings. The first-order valence-corrected chi connectivity index (χ1v) is 8.42. The van der Waals surface area contributed by atoms with Gasteiger partial charge in [-0.15, -0.1) is 0 Å². The Morgan fingerprint density at radius 3 is 2.83 bits per heavy atom. The lowest BCUT2D eigenvalue weighted by Gasteiger charge is -2.40. The second kappa shape index (κ2) is 5.82. The zero-order valence-electron chi connectivity index (χ0n) is 14.4. The summed E-state index contributed by atoms with van der Waals surface area (Å²) in [5, 5.41) is 0. The molecule has 1 atom stereocenters. The van der Waals surface area contributed by atoms with Crippen molar-refractivity contribution in [1.82, 2.24) is 9.97 Å². The van der Waals surface area contributed by atoms with Crippen LogP contribution < -0.4 is 9.80 Å². The van der Waals surface area contributed by atoms with Crippen LogP contribution in [0.3, 0.4) is 0 Å². The van der Waals surface area contributed by atoms with Crippen molar-refractivity contribution in [3.8, 4) is 0 Å². The number of hydrogen-bond donors (Lipinski definition) is 0. The lowest BCUT2D eigenvalue weighted by molar-refractivity contribution is 0.485. The molecule has 0 spiro atoms. The van der Waals surface area contributed by atoms with Crippen molar-refractivity contribution in [3.05, 3.63) is 47.7 Å². The maximum absolute atomic E-state index is 5.98. The number of anilines is 2. The number of nitrogens with zero attached hydrogens (tertiary/aromatic N) is 4. The molecule has 3 aromatic rings. The summed E-state index contributed by atoms with van der Waals surface area (Å²) in [7, 11) is 0. The third-order valence-electron chi connectivity index (χ3n) is 4.69. The summed E-state index contributed by atoms with van der Waals surface area (Å²) in [6, 6.07) is 11.3. The van der Waals surface area contributed by atoms with E-state index >= 15 is 0 Å². The summed E-state index contributed by atoms with van der Waals surface area (Å²) in [5.74, 6) is 1.08. The highest BCUT2D eigenvalue weighted by Crippen LogP contribution is 2.27. The number of pyridine rings is 1. The van der Waals surface area contributed by atoms with Crippen LogP contribution in [0.2, 0.25) is 0 Å². The number of hydrogen-bond acceptors (Lipinski definition) is 5. The van der Waals surface area contributed by atoms with E-state index in [0.717, 1.165) is 42.6 Å². The summed E-state index contributed by atoms with van der Waals surface area (Å²) >= 11 is 0. The van der Waals surface area contributed by atoms with Crippen LogP contribution in [0.5, 0.6) is 0 Å². The van der Waals surface area contributed by atoms with Gasteiger partial charge in [0, 0.05) is 31.9 Å². The fourth-order valence-corrected chi connectivity index (χ4v) is 3.39. The Bertz CT molecular complexity index is 873. The molecule has 4 rings (SSSR count). The number of rotatable bonds is 2. The van der Waals surface area contributed by atoms with Crippen LogP contribution >= 0.6 is 0 Å². The van der Waals surface area contributed by atoms with Crippen molar-refractivity contribution < 1.29 is 4.42 Å². The lowest BCUT2D eigenvalue weighted by atomic mass is 10.2. The number of oxazole rings is 1. The van der Waals surface area contributed by atoms with Gasteiger partial charge in [0.15, 0.2) is 5.58 Å². The molecule has 124 valence electrons. The van der Waals surface area contributed by atoms with Crippen molar-refractivity contribution in [2.45, 2.75) is 26.8 Å². The van der Waals surface area contributed by atoms with Crippen molar-refractivity contribution in [2.24, 2.45) is 0 Å². The summed E-state index contributed by atoms with van der Waals surface area (Å²) in [6.45, 7) is 9.11. The largest absolute Gasteiger partial charge is 0.423 e. The van der Waals surface area contributed by atoms with Crippen LogP contribution in [0.25, 0.3) is 11.1 Å². The highest BCUT2D eigenvalue weighted by atomic mass is 16.4. The Labute approximate surface area is 141 Å². The Morgan fingerprint density at radius 1 is 1.17 bits per heavy atom. The molecule has 0 amide bonds. The highest BCUT2D eigenvalue weighted by molar-refractivity contribution is 5.75. The third kappa shape index (κ3) is 2.60. The molecular formula is C19H22N4O. The van der Waals surface area contributed by atoms with Gasteiger partial charge in [-0.25, -0.2) is 4.98 Å². The van der Waals surface area contributed by atoms with Crippen LogP contribution in [0.4, 0.5) is 11.8 Å². The third-order valence-corrected chi connectivity index (χ3v) is 4.69. The fourth-order valence-electron chi connectivity index (χ4n) is 3.39. The molecule has 1 aromatic carbocycles. The second-order valence-electron chi connectivity index (χ2n) is 6.60. The first-order chi connectivity index (χ1) is 11.6. The standard InChI is InChI=1S/C19H22N4O/c1-13-6-7-17-16(11-13)21-19(24-17)23-10-9-22(12-15(23)3)18-14(2)5-4-8-20-18/h4-8,11,15H,9-10,12H2,1-3H3. The van der Waals surface area contributed by atoms with Crippen molar-refractivity contribution >= 4 is 22.9 Å². The van der Waals surface area contributed by atoms with E-state index in [1.165, 1.54) is 11.1 Å². The first kappa shape index (κ1) is 15.0. The van der Waals surface area contributed by atoms with Crippen LogP contribution in [-0.4, -0.2) is 35.6 Å². The fraction of sp³-hybridized carbons (Fsp3) is 0.368. The quantitative estimate of drug-likeness (QED) is 0.722. The smallest absolute Gasteiger partial charge is 0.298 e. The topological polar surface area (TPSA) is 45.4 Å². The van der Waals surface area contributed by atoms with E-state index in [9.17, 15) is 0 Å². The predicted octanol–water partition coefficient (Wildman–Crippen LogP) is 3.55. The molecule has 1 aliphatic heterocycles. The van der Waals surface area contributed by atoms with E-state index in [2.05, 4.69) is 58.7 Å². The SMILES string of the molecule is Cc1ccc2oc(N3CCN(c4ncccc4C)CC3C)nc2c1. The molecule has 0 saturated carbocycles. The summed E-state index contributed by atoms with van der Waals surface area (Å²) in [4.78, 5) is 13.8. The van der Waals surface area contributed by atoms with Gasteiger partial charge in [0.05, 0.1) is 0 Å². The molecule has 2 aromatic heterocycles. The number of fused-ring (bicyclic) bond motifs is 1. The minimum absolute atomic E-state index is 0.314. The van der Waals surface area contributed by atoms with E-state index in [4.69, 9.17) is 4.42 Å². The summed E-state index contributed by atoms with van der Waals surface area (Å²) < 4.78 is 5.98. The molecule has 1 saturated heterocycles. The lowest BCUT2D eigenvalue weighted by Crippen LogP contribution is -2.52. The Hall–Kier alpha value is -2.56. The molecule has 5 nitrogen and oxygen atoms in total. The predicted molar refractivity (Wildman–Crippen MR) is 96.7 cm³/mol. The average molecular weight is 322 g/mol. The van der Waals surface area contributed by atoms with E-state index in [-0.39, 0.29) is 0 Å². The van der Waals surface area contributed by atoms with E-state index < -0.39 is 0 Å². The van der Waals surface area contributed by atoms with Gasteiger partial charge >= 0.3 is 0 Å². The Balaban J connectivity index is 1.57. The minimum Gasteiger partial charge on any atom is -0.423 e. The van der Waals surface area contributed by atoms with Crippen LogP contribution in [0, 0.1) is 13.8 Å². The molecular weight excluding hydrogens is 300 g/mol. The van der Waals surface area contributed by atoms with Crippen LogP contribution in [0.15, 0.2) is 40.9 Å². The van der Waals surface area contributed by atoms with Crippen molar-refractivity contribution in [2.75, 3.05) is 29.4 Å². The van der Waals surface area contributed by atoms with Gasteiger partial charge in [-0.3, -0.25) is 0 Å². The molecule has 3 heterocycles. The summed E-state index contributed by atoms with van der Waals surface area (Å²) in [5.41, 5.74) is 4.20. The molecule has 0 radical (unpaired) electrons. The van der Waals surface area contributed by atoms with Gasteiger partial charge in [0.2, 0.25) is 0 Å². The van der Waals surface area contributed by atoms with Gasteiger partial charge in [-0.1, -0.05) is 12.1 Å². The van der Waals surface area contributed by atoms with Gasteiger partial charge in [0.25, 0.3) is 6.01 Å². The molecule has 1 unspecified atom stereocenters.